The number of imidazole rings is 1. The first-order valence-electron chi connectivity index (χ1n) is 12.1. The third kappa shape index (κ3) is 4.31. The number of halogens is 1. The van der Waals surface area contributed by atoms with Gasteiger partial charge in [-0.2, -0.15) is 4.98 Å². The molecule has 1 N–H and O–H groups in total. The first-order chi connectivity index (χ1) is 16.6. The van der Waals surface area contributed by atoms with Crippen LogP contribution < -0.4 is 15.1 Å². The molecule has 0 radical (unpaired) electrons. The Balaban J connectivity index is 1.25. The van der Waals surface area contributed by atoms with E-state index in [0.29, 0.717) is 31.1 Å². The average molecular weight is 481 g/mol. The van der Waals surface area contributed by atoms with Gasteiger partial charge in [-0.3, -0.25) is 9.69 Å². The van der Waals surface area contributed by atoms with Crippen molar-refractivity contribution in [1.82, 2.24) is 29.6 Å². The quantitative estimate of drug-likeness (QED) is 0.600. The van der Waals surface area contributed by atoms with Gasteiger partial charge in [0.25, 0.3) is 0 Å². The summed E-state index contributed by atoms with van der Waals surface area (Å²) in [4.78, 5) is 32.6. The SMILES string of the molecule is C[C@@H]1CN(c2ncc(F)c(N3CC(C(=O)NC(C)(C)c4cnc5ccccn45)C3)n2)C[C@@H](C)N1C. The van der Waals surface area contributed by atoms with Gasteiger partial charge in [0.15, 0.2) is 11.6 Å². The number of rotatable bonds is 5. The van der Waals surface area contributed by atoms with Crippen LogP contribution in [0, 0.1) is 11.7 Å². The van der Waals surface area contributed by atoms with Crippen molar-refractivity contribution in [3.63, 3.8) is 0 Å². The minimum Gasteiger partial charge on any atom is -0.352 e. The fraction of sp³-hybridized carbons (Fsp3) is 0.520. The van der Waals surface area contributed by atoms with Crippen LogP contribution in [0.5, 0.6) is 0 Å². The molecule has 1 amide bonds. The van der Waals surface area contributed by atoms with Crippen LogP contribution in [-0.4, -0.2) is 75.5 Å². The van der Waals surface area contributed by atoms with Gasteiger partial charge in [0, 0.05) is 44.5 Å². The molecule has 2 aliphatic heterocycles. The Bertz CT molecular complexity index is 1230. The van der Waals surface area contributed by atoms with Gasteiger partial charge in [-0.25, -0.2) is 14.4 Å². The van der Waals surface area contributed by atoms with E-state index >= 15 is 0 Å². The van der Waals surface area contributed by atoms with Gasteiger partial charge in [-0.1, -0.05) is 6.07 Å². The number of nitrogens with one attached hydrogen (secondary N) is 1. The number of piperazine rings is 1. The third-order valence-corrected chi connectivity index (χ3v) is 7.40. The number of likely N-dealkylation sites (N-methyl/N-ethyl adjacent to an activating group) is 1. The molecule has 2 atom stereocenters. The molecule has 5 heterocycles. The van der Waals surface area contributed by atoms with E-state index in [9.17, 15) is 9.18 Å². The predicted octanol–water partition coefficient (Wildman–Crippen LogP) is 2.28. The van der Waals surface area contributed by atoms with Crippen molar-refractivity contribution in [3.8, 4) is 0 Å². The molecule has 0 aliphatic carbocycles. The minimum atomic E-state index is -0.611. The minimum absolute atomic E-state index is 0.0615. The van der Waals surface area contributed by atoms with Gasteiger partial charge in [-0.15, -0.1) is 0 Å². The van der Waals surface area contributed by atoms with E-state index in [1.807, 2.05) is 47.5 Å². The number of pyridine rings is 1. The molecule has 5 rings (SSSR count). The van der Waals surface area contributed by atoms with Crippen molar-refractivity contribution in [2.45, 2.75) is 45.3 Å². The maximum atomic E-state index is 14.7. The largest absolute Gasteiger partial charge is 0.352 e. The van der Waals surface area contributed by atoms with Crippen molar-refractivity contribution in [2.75, 3.05) is 43.0 Å². The van der Waals surface area contributed by atoms with Crippen LogP contribution in [0.1, 0.15) is 33.4 Å². The van der Waals surface area contributed by atoms with Gasteiger partial charge in [0.1, 0.15) is 5.65 Å². The Labute approximate surface area is 205 Å². The van der Waals surface area contributed by atoms with Crippen LogP contribution in [0.2, 0.25) is 0 Å². The third-order valence-electron chi connectivity index (χ3n) is 7.40. The second kappa shape index (κ2) is 8.75. The molecule has 0 unspecified atom stereocenters. The normalized spacial score (nSPS) is 21.9. The highest BCUT2D eigenvalue weighted by Gasteiger charge is 2.38. The van der Waals surface area contributed by atoms with Gasteiger partial charge in [0.2, 0.25) is 11.9 Å². The highest BCUT2D eigenvalue weighted by atomic mass is 19.1. The van der Waals surface area contributed by atoms with E-state index < -0.39 is 11.4 Å². The molecule has 0 aromatic carbocycles. The number of nitrogens with zero attached hydrogens (tertiary/aromatic N) is 7. The van der Waals surface area contributed by atoms with Crippen LogP contribution in [0.15, 0.2) is 36.8 Å². The van der Waals surface area contributed by atoms with Crippen LogP contribution in [-0.2, 0) is 10.3 Å². The Morgan fingerprint density at radius 3 is 2.49 bits per heavy atom. The zero-order valence-electron chi connectivity index (χ0n) is 20.9. The molecular formula is C25H33FN8O. The van der Waals surface area contributed by atoms with Crippen molar-refractivity contribution in [3.05, 3.63) is 48.3 Å². The molecule has 0 saturated carbocycles. The molecule has 186 valence electrons. The summed E-state index contributed by atoms with van der Waals surface area (Å²) in [7, 11) is 2.12. The Morgan fingerprint density at radius 2 is 1.77 bits per heavy atom. The monoisotopic (exact) mass is 480 g/mol. The van der Waals surface area contributed by atoms with Crippen molar-refractivity contribution in [2.24, 2.45) is 5.92 Å². The number of anilines is 2. The summed E-state index contributed by atoms with van der Waals surface area (Å²) >= 11 is 0. The molecule has 10 heteroatoms. The summed E-state index contributed by atoms with van der Waals surface area (Å²) in [5.74, 6) is 0.0339. The summed E-state index contributed by atoms with van der Waals surface area (Å²) in [6, 6.07) is 6.50. The Hall–Kier alpha value is -3.27. The molecule has 9 nitrogen and oxygen atoms in total. The number of hydrogen-bond donors (Lipinski definition) is 1. The summed E-state index contributed by atoms with van der Waals surface area (Å²) in [5, 5.41) is 3.15. The summed E-state index contributed by atoms with van der Waals surface area (Å²) < 4.78 is 16.6. The number of hydrogen-bond acceptors (Lipinski definition) is 7. The second-order valence-corrected chi connectivity index (χ2v) is 10.4. The molecule has 3 aromatic heterocycles. The molecule has 35 heavy (non-hydrogen) atoms. The van der Waals surface area contributed by atoms with Crippen molar-refractivity contribution >= 4 is 23.3 Å². The Kier molecular flexibility index (Phi) is 5.86. The fourth-order valence-electron chi connectivity index (χ4n) is 4.98. The van der Waals surface area contributed by atoms with Gasteiger partial charge in [0.05, 0.1) is 29.5 Å². The van der Waals surface area contributed by atoms with Gasteiger partial charge < -0.3 is 19.5 Å². The molecule has 0 spiro atoms. The lowest BCUT2D eigenvalue weighted by Crippen LogP contribution is -2.57. The van der Waals surface area contributed by atoms with Gasteiger partial charge in [-0.05, 0) is 46.9 Å². The summed E-state index contributed by atoms with van der Waals surface area (Å²) in [6.45, 7) is 10.7. The zero-order valence-corrected chi connectivity index (χ0v) is 20.9. The number of carbonyl (C=O) groups is 1. The van der Waals surface area contributed by atoms with Crippen LogP contribution in [0.25, 0.3) is 5.65 Å². The highest BCUT2D eigenvalue weighted by Crippen LogP contribution is 2.29. The fourth-order valence-corrected chi connectivity index (χ4v) is 4.98. The van der Waals surface area contributed by atoms with Crippen molar-refractivity contribution < 1.29 is 9.18 Å². The smallest absolute Gasteiger partial charge is 0.227 e. The standard InChI is InChI=1S/C25H33FN8O/c1-16-12-33(13-17(2)31(16)5)24-28-10-19(26)22(29-24)32-14-18(15-32)23(35)30-25(3,4)20-11-27-21-8-6-7-9-34(20)21/h6-11,16-18H,12-15H2,1-5H3,(H,30,35)/t16-,17-/m1/s1. The molecule has 2 saturated heterocycles. The molecular weight excluding hydrogens is 447 g/mol. The number of carbonyl (C=O) groups excluding carboxylic acids is 1. The van der Waals surface area contributed by atoms with E-state index in [4.69, 9.17) is 0 Å². The number of amides is 1. The maximum absolute atomic E-state index is 14.7. The lowest BCUT2D eigenvalue weighted by Gasteiger charge is -2.43. The first-order valence-corrected chi connectivity index (χ1v) is 12.1. The van der Waals surface area contributed by atoms with E-state index in [-0.39, 0.29) is 17.6 Å². The molecule has 2 fully saturated rings. The van der Waals surface area contributed by atoms with Crippen LogP contribution in [0.3, 0.4) is 0 Å². The summed E-state index contributed by atoms with van der Waals surface area (Å²) in [6.07, 6.45) is 4.97. The van der Waals surface area contributed by atoms with Gasteiger partial charge >= 0.3 is 0 Å². The topological polar surface area (TPSA) is 81.9 Å². The van der Waals surface area contributed by atoms with E-state index in [2.05, 4.69) is 51.0 Å². The van der Waals surface area contributed by atoms with Crippen molar-refractivity contribution in [1.29, 1.82) is 0 Å². The maximum Gasteiger partial charge on any atom is 0.227 e. The molecule has 3 aromatic rings. The van der Waals surface area contributed by atoms with E-state index in [0.717, 1.165) is 24.4 Å². The highest BCUT2D eigenvalue weighted by molar-refractivity contribution is 5.82. The number of fused-ring (bicyclic) bond motifs is 1. The van der Waals surface area contributed by atoms with Crippen LogP contribution in [0.4, 0.5) is 16.2 Å². The first kappa shape index (κ1) is 23.5. The lowest BCUT2D eigenvalue weighted by atomic mass is 9.95. The predicted molar refractivity (Wildman–Crippen MR) is 133 cm³/mol. The summed E-state index contributed by atoms with van der Waals surface area (Å²) in [5.41, 5.74) is 1.12. The lowest BCUT2D eigenvalue weighted by molar-refractivity contribution is -0.127. The Morgan fingerprint density at radius 1 is 1.06 bits per heavy atom. The van der Waals surface area contributed by atoms with E-state index in [1.165, 1.54) is 6.20 Å². The van der Waals surface area contributed by atoms with Crippen LogP contribution >= 0.6 is 0 Å². The molecule has 0 bridgehead atoms. The average Bonchev–Trinajstić information content (AvgIpc) is 3.22. The molecule has 2 aliphatic rings. The second-order valence-electron chi connectivity index (χ2n) is 10.4. The zero-order chi connectivity index (χ0) is 24.9. The number of aromatic nitrogens is 4. The van der Waals surface area contributed by atoms with E-state index in [1.54, 1.807) is 6.20 Å².